The highest BCUT2D eigenvalue weighted by Gasteiger charge is 2.30. The fraction of sp³-hybridized carbons (Fsp3) is 0.929. The predicted octanol–water partition coefficient (Wildman–Crippen LogP) is 1.82. The number of nitrogens with one attached hydrogen (secondary N) is 2. The standard InChI is InChI=1S/C14H27N3O.2ClH/c1-2-8-17-9-4-6-13(17)14(18)16-11-12-5-3-7-15-10-12;;/h12-13,15H,2-11H2,1H3,(H,16,18);2*1H. The number of carbonyl (C=O) groups excluding carboxylic acids is 1. The maximum Gasteiger partial charge on any atom is 0.237 e. The number of nitrogens with zero attached hydrogens (tertiary/aromatic N) is 1. The van der Waals surface area contributed by atoms with Gasteiger partial charge in [-0.15, -0.1) is 24.8 Å². The SMILES string of the molecule is CCCN1CCCC1C(=O)NCC1CCCNC1.Cl.Cl. The number of amides is 1. The van der Waals surface area contributed by atoms with Gasteiger partial charge >= 0.3 is 0 Å². The van der Waals surface area contributed by atoms with E-state index in [1.165, 1.54) is 19.3 Å². The van der Waals surface area contributed by atoms with Crippen molar-refractivity contribution in [3.63, 3.8) is 0 Å². The van der Waals surface area contributed by atoms with Crippen molar-refractivity contribution in [1.82, 2.24) is 15.5 Å². The summed E-state index contributed by atoms with van der Waals surface area (Å²) in [5, 5.41) is 6.56. The molecule has 2 aliphatic heterocycles. The average Bonchev–Trinajstić information content (AvgIpc) is 2.86. The van der Waals surface area contributed by atoms with E-state index in [4.69, 9.17) is 0 Å². The largest absolute Gasteiger partial charge is 0.354 e. The van der Waals surface area contributed by atoms with Crippen molar-refractivity contribution in [2.45, 2.75) is 45.1 Å². The Morgan fingerprint density at radius 2 is 2.10 bits per heavy atom. The van der Waals surface area contributed by atoms with Gasteiger partial charge in [0, 0.05) is 6.54 Å². The summed E-state index contributed by atoms with van der Waals surface area (Å²) in [4.78, 5) is 14.5. The number of hydrogen-bond acceptors (Lipinski definition) is 3. The van der Waals surface area contributed by atoms with Gasteiger partial charge in [0.2, 0.25) is 5.91 Å². The minimum absolute atomic E-state index is 0. The molecule has 0 saturated carbocycles. The maximum absolute atomic E-state index is 12.2. The summed E-state index contributed by atoms with van der Waals surface area (Å²) in [6, 6.07) is 0.140. The summed E-state index contributed by atoms with van der Waals surface area (Å²) in [6.07, 6.45) is 5.83. The van der Waals surface area contributed by atoms with Gasteiger partial charge in [-0.2, -0.15) is 0 Å². The molecule has 6 heteroatoms. The van der Waals surface area contributed by atoms with Gasteiger partial charge in [0.05, 0.1) is 6.04 Å². The minimum atomic E-state index is 0. The Morgan fingerprint density at radius 3 is 2.75 bits per heavy atom. The van der Waals surface area contributed by atoms with Gasteiger partial charge in [-0.3, -0.25) is 9.69 Å². The Labute approximate surface area is 135 Å². The van der Waals surface area contributed by atoms with Crippen LogP contribution in [0, 0.1) is 5.92 Å². The molecule has 1 amide bonds. The molecular formula is C14H29Cl2N3O. The van der Waals surface area contributed by atoms with E-state index in [1.54, 1.807) is 0 Å². The molecule has 2 aliphatic rings. The number of likely N-dealkylation sites (tertiary alicyclic amines) is 1. The van der Waals surface area contributed by atoms with Crippen LogP contribution in [0.25, 0.3) is 0 Å². The predicted molar refractivity (Wildman–Crippen MR) is 88.0 cm³/mol. The van der Waals surface area contributed by atoms with Crippen LogP contribution in [0.2, 0.25) is 0 Å². The first-order chi connectivity index (χ1) is 8.81. The molecule has 0 aromatic heterocycles. The van der Waals surface area contributed by atoms with Crippen LogP contribution in [0.4, 0.5) is 0 Å². The molecular weight excluding hydrogens is 297 g/mol. The highest BCUT2D eigenvalue weighted by atomic mass is 35.5. The van der Waals surface area contributed by atoms with Gasteiger partial charge in [0.15, 0.2) is 0 Å². The van der Waals surface area contributed by atoms with Crippen LogP contribution in [0.1, 0.15) is 39.0 Å². The highest BCUT2D eigenvalue weighted by Crippen LogP contribution is 2.17. The van der Waals surface area contributed by atoms with Crippen molar-refractivity contribution in [2.24, 2.45) is 5.92 Å². The average molecular weight is 326 g/mol. The van der Waals surface area contributed by atoms with Crippen LogP contribution in [0.15, 0.2) is 0 Å². The van der Waals surface area contributed by atoms with E-state index in [9.17, 15) is 4.79 Å². The molecule has 0 aromatic carbocycles. The molecule has 2 atom stereocenters. The second kappa shape index (κ2) is 10.7. The third-order valence-corrected chi connectivity index (χ3v) is 4.14. The van der Waals surface area contributed by atoms with Crippen LogP contribution in [0.5, 0.6) is 0 Å². The van der Waals surface area contributed by atoms with E-state index < -0.39 is 0 Å². The molecule has 2 rings (SSSR count). The van der Waals surface area contributed by atoms with Crippen molar-refractivity contribution in [3.8, 4) is 0 Å². The topological polar surface area (TPSA) is 44.4 Å². The molecule has 2 N–H and O–H groups in total. The molecule has 2 unspecified atom stereocenters. The van der Waals surface area contributed by atoms with E-state index >= 15 is 0 Å². The summed E-state index contributed by atoms with van der Waals surface area (Å²) >= 11 is 0. The van der Waals surface area contributed by atoms with E-state index in [-0.39, 0.29) is 36.8 Å². The zero-order valence-corrected chi connectivity index (χ0v) is 14.0. The summed E-state index contributed by atoms with van der Waals surface area (Å²) < 4.78 is 0. The van der Waals surface area contributed by atoms with Crippen LogP contribution in [-0.2, 0) is 4.79 Å². The van der Waals surface area contributed by atoms with E-state index in [0.717, 1.165) is 45.6 Å². The molecule has 20 heavy (non-hydrogen) atoms. The van der Waals surface area contributed by atoms with Crippen molar-refractivity contribution in [1.29, 1.82) is 0 Å². The second-order valence-corrected chi connectivity index (χ2v) is 5.65. The monoisotopic (exact) mass is 325 g/mol. The fourth-order valence-electron chi connectivity index (χ4n) is 3.14. The van der Waals surface area contributed by atoms with Gasteiger partial charge in [-0.05, 0) is 64.2 Å². The third-order valence-electron chi connectivity index (χ3n) is 4.14. The molecule has 4 nitrogen and oxygen atoms in total. The van der Waals surface area contributed by atoms with Crippen molar-refractivity contribution in [2.75, 3.05) is 32.7 Å². The fourth-order valence-corrected chi connectivity index (χ4v) is 3.14. The van der Waals surface area contributed by atoms with Crippen molar-refractivity contribution >= 4 is 30.7 Å². The van der Waals surface area contributed by atoms with Crippen molar-refractivity contribution in [3.05, 3.63) is 0 Å². The van der Waals surface area contributed by atoms with E-state index in [1.807, 2.05) is 0 Å². The lowest BCUT2D eigenvalue weighted by molar-refractivity contribution is -0.125. The number of halogens is 2. The smallest absolute Gasteiger partial charge is 0.237 e. The van der Waals surface area contributed by atoms with Gasteiger partial charge < -0.3 is 10.6 Å². The van der Waals surface area contributed by atoms with Crippen LogP contribution >= 0.6 is 24.8 Å². The highest BCUT2D eigenvalue weighted by molar-refractivity contribution is 5.85. The lowest BCUT2D eigenvalue weighted by Gasteiger charge is -2.26. The van der Waals surface area contributed by atoms with Crippen LogP contribution < -0.4 is 10.6 Å². The zero-order valence-electron chi connectivity index (χ0n) is 12.4. The summed E-state index contributed by atoms with van der Waals surface area (Å²) in [6.45, 7) is 7.38. The molecule has 2 fully saturated rings. The Kier molecular flexibility index (Phi) is 10.6. The number of piperidine rings is 1. The molecule has 120 valence electrons. The Balaban J connectivity index is 0.00000180. The normalized spacial score (nSPS) is 26.4. The lowest BCUT2D eigenvalue weighted by Crippen LogP contribution is -2.46. The number of rotatable bonds is 5. The quantitative estimate of drug-likeness (QED) is 0.810. The molecule has 0 spiro atoms. The first kappa shape index (κ1) is 20.0. The van der Waals surface area contributed by atoms with Crippen LogP contribution in [-0.4, -0.2) is 49.6 Å². The first-order valence-corrected chi connectivity index (χ1v) is 7.53. The summed E-state index contributed by atoms with van der Waals surface area (Å²) in [5.41, 5.74) is 0. The molecule has 0 aromatic rings. The van der Waals surface area contributed by atoms with Gasteiger partial charge in [-0.1, -0.05) is 6.92 Å². The second-order valence-electron chi connectivity index (χ2n) is 5.65. The number of hydrogen-bond donors (Lipinski definition) is 2. The van der Waals surface area contributed by atoms with Gasteiger partial charge in [0.1, 0.15) is 0 Å². The van der Waals surface area contributed by atoms with Crippen LogP contribution in [0.3, 0.4) is 0 Å². The Morgan fingerprint density at radius 1 is 1.30 bits per heavy atom. The third kappa shape index (κ3) is 5.76. The lowest BCUT2D eigenvalue weighted by atomic mass is 9.99. The Bertz CT molecular complexity index is 273. The molecule has 2 saturated heterocycles. The minimum Gasteiger partial charge on any atom is -0.354 e. The summed E-state index contributed by atoms with van der Waals surface area (Å²) in [7, 11) is 0. The van der Waals surface area contributed by atoms with Crippen molar-refractivity contribution < 1.29 is 4.79 Å². The molecule has 0 radical (unpaired) electrons. The maximum atomic E-state index is 12.2. The molecule has 0 bridgehead atoms. The number of carbonyl (C=O) groups is 1. The zero-order chi connectivity index (χ0) is 12.8. The molecule has 2 heterocycles. The summed E-state index contributed by atoms with van der Waals surface area (Å²) in [5.74, 6) is 0.884. The first-order valence-electron chi connectivity index (χ1n) is 7.53. The molecule has 0 aliphatic carbocycles. The van der Waals surface area contributed by atoms with E-state index in [2.05, 4.69) is 22.5 Å². The van der Waals surface area contributed by atoms with Gasteiger partial charge in [-0.25, -0.2) is 0 Å². The van der Waals surface area contributed by atoms with E-state index in [0.29, 0.717) is 5.92 Å². The van der Waals surface area contributed by atoms with Gasteiger partial charge in [0.25, 0.3) is 0 Å². The Hall–Kier alpha value is -0.0300.